The molecule has 1 aliphatic rings. The number of hydrogen-bond acceptors (Lipinski definition) is 5. The van der Waals surface area contributed by atoms with Gasteiger partial charge in [-0.15, -0.1) is 0 Å². The molecule has 1 saturated carbocycles. The third kappa shape index (κ3) is 4.09. The zero-order chi connectivity index (χ0) is 21.3. The molecule has 0 unspecified atom stereocenters. The lowest BCUT2D eigenvalue weighted by atomic mass is 9.93. The Morgan fingerprint density at radius 2 is 2.07 bits per heavy atom. The lowest BCUT2D eigenvalue weighted by molar-refractivity contribution is -0.117. The summed E-state index contributed by atoms with van der Waals surface area (Å²) in [6.45, 7) is 1.85. The second-order valence-electron chi connectivity index (χ2n) is 7.15. The third-order valence-corrected chi connectivity index (χ3v) is 5.34. The van der Waals surface area contributed by atoms with E-state index < -0.39 is 23.0 Å². The first-order chi connectivity index (χ1) is 14.4. The Kier molecular flexibility index (Phi) is 5.34. The van der Waals surface area contributed by atoms with Crippen molar-refractivity contribution in [1.82, 2.24) is 15.0 Å². The van der Waals surface area contributed by atoms with Crippen LogP contribution in [0.5, 0.6) is 5.75 Å². The molecule has 0 aliphatic heterocycles. The van der Waals surface area contributed by atoms with Gasteiger partial charge in [0.15, 0.2) is 5.75 Å². The Balaban J connectivity index is 1.56. The molecule has 3 aromatic rings. The Morgan fingerprint density at radius 1 is 1.23 bits per heavy atom. The number of nitrogens with one attached hydrogen (secondary N) is 1. The fourth-order valence-corrected chi connectivity index (χ4v) is 3.62. The van der Waals surface area contributed by atoms with Crippen LogP contribution in [0.4, 0.5) is 14.6 Å². The highest BCUT2D eigenvalue weighted by Crippen LogP contribution is 2.55. The molecule has 2 atom stereocenters. The van der Waals surface area contributed by atoms with Crippen LogP contribution in [0.3, 0.4) is 0 Å². The number of halogens is 3. The van der Waals surface area contributed by atoms with Crippen molar-refractivity contribution in [2.75, 3.05) is 11.9 Å². The van der Waals surface area contributed by atoms with Crippen LogP contribution in [0.15, 0.2) is 48.8 Å². The van der Waals surface area contributed by atoms with Crippen molar-refractivity contribution in [3.63, 3.8) is 0 Å². The van der Waals surface area contributed by atoms with Gasteiger partial charge in [0, 0.05) is 5.41 Å². The molecule has 30 heavy (non-hydrogen) atoms. The van der Waals surface area contributed by atoms with Gasteiger partial charge in [0.25, 0.3) is 0 Å². The number of carbonyl (C=O) groups is 1. The zero-order valence-electron chi connectivity index (χ0n) is 15.9. The van der Waals surface area contributed by atoms with Crippen LogP contribution in [0.1, 0.15) is 17.7 Å². The Bertz CT molecular complexity index is 1100. The van der Waals surface area contributed by atoms with Crippen molar-refractivity contribution in [1.29, 1.82) is 0 Å². The molecule has 0 spiro atoms. The number of benzene rings is 1. The molecule has 2 heterocycles. The Labute approximate surface area is 176 Å². The maximum absolute atomic E-state index is 13.9. The number of carbonyl (C=O) groups excluding carboxylic acids is 1. The van der Waals surface area contributed by atoms with Crippen molar-refractivity contribution in [3.05, 3.63) is 77.0 Å². The number of amides is 1. The molecule has 1 aromatic carbocycles. The molecule has 1 aliphatic carbocycles. The summed E-state index contributed by atoms with van der Waals surface area (Å²) in [5, 5.41) is 2.79. The van der Waals surface area contributed by atoms with Gasteiger partial charge in [0.1, 0.15) is 17.5 Å². The predicted octanol–water partition coefficient (Wildman–Crippen LogP) is 4.09. The molecule has 1 fully saturated rings. The maximum Gasteiger partial charge on any atom is 0.229 e. The minimum absolute atomic E-state index is 0.107. The maximum atomic E-state index is 13.9. The molecule has 1 N–H and O–H groups in total. The first-order valence-corrected chi connectivity index (χ1v) is 9.55. The van der Waals surface area contributed by atoms with Crippen LogP contribution in [0, 0.1) is 24.5 Å². The summed E-state index contributed by atoms with van der Waals surface area (Å²) >= 11 is 5.78. The number of hydrogen-bond donors (Lipinski definition) is 1. The summed E-state index contributed by atoms with van der Waals surface area (Å²) in [5.74, 6) is -0.997. The van der Waals surface area contributed by atoms with E-state index in [2.05, 4.69) is 20.3 Å². The monoisotopic (exact) mass is 430 g/mol. The lowest BCUT2D eigenvalue weighted by Gasteiger charge is -2.19. The van der Waals surface area contributed by atoms with Gasteiger partial charge in [-0.2, -0.15) is 0 Å². The third-order valence-electron chi connectivity index (χ3n) is 5.16. The lowest BCUT2D eigenvalue weighted by Crippen LogP contribution is -2.27. The summed E-state index contributed by atoms with van der Waals surface area (Å²) in [7, 11) is 0. The van der Waals surface area contributed by atoms with Crippen LogP contribution >= 0.6 is 11.6 Å². The second-order valence-corrected chi connectivity index (χ2v) is 7.49. The summed E-state index contributed by atoms with van der Waals surface area (Å²) in [6, 6.07) is 8.69. The van der Waals surface area contributed by atoms with Crippen molar-refractivity contribution in [2.24, 2.45) is 5.92 Å². The van der Waals surface area contributed by atoms with Crippen molar-refractivity contribution >= 4 is 23.3 Å². The topological polar surface area (TPSA) is 77.0 Å². The number of anilines is 1. The molecule has 4 rings (SSSR count). The van der Waals surface area contributed by atoms with Gasteiger partial charge >= 0.3 is 0 Å². The smallest absolute Gasteiger partial charge is 0.229 e. The normalized spacial score (nSPS) is 19.9. The van der Waals surface area contributed by atoms with E-state index >= 15 is 0 Å². The number of ether oxygens (including phenoxy) is 1. The van der Waals surface area contributed by atoms with E-state index in [0.717, 1.165) is 6.20 Å². The highest BCUT2D eigenvalue weighted by atomic mass is 35.5. The fourth-order valence-electron chi connectivity index (χ4n) is 3.45. The van der Waals surface area contributed by atoms with Crippen LogP contribution < -0.4 is 10.1 Å². The molecule has 2 aromatic heterocycles. The number of pyridine rings is 1. The molecule has 0 radical (unpaired) electrons. The SMILES string of the molecule is Cc1nc(Cl)ncc1OC[C@@]1(c2cccc(F)c2)C[C@H]1C(=O)Nc1ccc(F)cn1. The number of nitrogens with zero attached hydrogens (tertiary/aromatic N) is 3. The quantitative estimate of drug-likeness (QED) is 0.596. The summed E-state index contributed by atoms with van der Waals surface area (Å²) in [4.78, 5) is 24.6. The minimum atomic E-state index is -0.724. The van der Waals surface area contributed by atoms with Gasteiger partial charge in [0.2, 0.25) is 11.2 Å². The van der Waals surface area contributed by atoms with Gasteiger partial charge in [-0.25, -0.2) is 23.7 Å². The summed E-state index contributed by atoms with van der Waals surface area (Å²) in [6.07, 6.45) is 2.94. The number of rotatable bonds is 6. The average molecular weight is 431 g/mol. The van der Waals surface area contributed by atoms with Crippen LogP contribution in [0.25, 0.3) is 0 Å². The zero-order valence-corrected chi connectivity index (χ0v) is 16.7. The Hall–Kier alpha value is -3.13. The minimum Gasteiger partial charge on any atom is -0.489 e. The number of aryl methyl sites for hydroxylation is 1. The van der Waals surface area contributed by atoms with Crippen molar-refractivity contribution in [3.8, 4) is 5.75 Å². The van der Waals surface area contributed by atoms with E-state index in [4.69, 9.17) is 16.3 Å². The van der Waals surface area contributed by atoms with E-state index in [1.807, 2.05) is 0 Å². The van der Waals surface area contributed by atoms with Gasteiger partial charge < -0.3 is 10.1 Å². The van der Waals surface area contributed by atoms with Gasteiger partial charge in [-0.1, -0.05) is 12.1 Å². The fraction of sp³-hybridized carbons (Fsp3) is 0.238. The molecule has 0 saturated heterocycles. The van der Waals surface area contributed by atoms with Crippen LogP contribution in [-0.4, -0.2) is 27.5 Å². The molecule has 6 nitrogen and oxygen atoms in total. The molecule has 0 bridgehead atoms. The largest absolute Gasteiger partial charge is 0.489 e. The van der Waals surface area contributed by atoms with Crippen molar-refractivity contribution < 1.29 is 18.3 Å². The van der Waals surface area contributed by atoms with E-state index in [9.17, 15) is 13.6 Å². The standard InChI is InChI=1S/C21H17ClF2N4O2/c1-12-17(10-26-20(22)27-12)30-11-21(13-3-2-4-14(23)7-13)8-16(21)19(29)28-18-6-5-15(24)9-25-18/h2-7,9-10,16H,8,11H2,1H3,(H,25,28,29)/t16-,21+/m0/s1. The van der Waals surface area contributed by atoms with E-state index in [-0.39, 0.29) is 23.6 Å². The second kappa shape index (κ2) is 7.95. The van der Waals surface area contributed by atoms with Gasteiger partial charge in [0.05, 0.1) is 30.6 Å². The van der Waals surface area contributed by atoms with Crippen molar-refractivity contribution in [2.45, 2.75) is 18.8 Å². The molecule has 9 heteroatoms. The van der Waals surface area contributed by atoms with E-state index in [1.165, 1.54) is 30.5 Å². The van der Waals surface area contributed by atoms with Crippen LogP contribution in [0.2, 0.25) is 5.28 Å². The number of aromatic nitrogens is 3. The van der Waals surface area contributed by atoms with Gasteiger partial charge in [-0.3, -0.25) is 4.79 Å². The highest BCUT2D eigenvalue weighted by molar-refractivity contribution is 6.28. The molecular formula is C21H17ClF2N4O2. The highest BCUT2D eigenvalue weighted by Gasteiger charge is 2.60. The Morgan fingerprint density at radius 3 is 2.77 bits per heavy atom. The van der Waals surface area contributed by atoms with E-state index in [1.54, 1.807) is 19.1 Å². The summed E-state index contributed by atoms with van der Waals surface area (Å²) in [5.41, 5.74) is 0.488. The molecule has 1 amide bonds. The molecular weight excluding hydrogens is 414 g/mol. The summed E-state index contributed by atoms with van der Waals surface area (Å²) < 4.78 is 32.8. The van der Waals surface area contributed by atoms with E-state index in [0.29, 0.717) is 23.4 Å². The first kappa shape index (κ1) is 20.2. The average Bonchev–Trinajstić information content (AvgIpc) is 3.45. The molecule has 154 valence electrons. The van der Waals surface area contributed by atoms with Gasteiger partial charge in [-0.05, 0) is 54.8 Å². The predicted molar refractivity (Wildman–Crippen MR) is 106 cm³/mol. The first-order valence-electron chi connectivity index (χ1n) is 9.18. The van der Waals surface area contributed by atoms with Crippen LogP contribution in [-0.2, 0) is 10.2 Å².